The number of nitrogens with zero attached hydrogens (tertiary/aromatic N) is 1. The van der Waals surface area contributed by atoms with Crippen LogP contribution in [0.2, 0.25) is 0 Å². The van der Waals surface area contributed by atoms with Crippen LogP contribution in [0, 0.1) is 11.8 Å². The summed E-state index contributed by atoms with van der Waals surface area (Å²) in [5, 5.41) is 0. The molecule has 3 atom stereocenters. The van der Waals surface area contributed by atoms with Crippen LogP contribution in [-0.4, -0.2) is 75.6 Å². The molecule has 0 bridgehead atoms. The van der Waals surface area contributed by atoms with Gasteiger partial charge in [0, 0.05) is 39.1 Å². The molecule has 1 heterocycles. The minimum Gasteiger partial charge on any atom is -0.466 e. The smallest absolute Gasteiger partial charge is 0.305 e. The van der Waals surface area contributed by atoms with Crippen molar-refractivity contribution in [3.63, 3.8) is 0 Å². The fourth-order valence-corrected chi connectivity index (χ4v) is 6.92. The van der Waals surface area contributed by atoms with Crippen molar-refractivity contribution in [2.75, 3.05) is 52.7 Å². The van der Waals surface area contributed by atoms with E-state index in [0.29, 0.717) is 44.0 Å². The van der Waals surface area contributed by atoms with Crippen molar-refractivity contribution in [3.05, 3.63) is 29.8 Å². The molecular weight excluding hydrogens is 663 g/mol. The van der Waals surface area contributed by atoms with Crippen LogP contribution in [0.3, 0.4) is 0 Å². The topological polar surface area (TPSA) is 74.3 Å². The van der Waals surface area contributed by atoms with E-state index in [4.69, 9.17) is 18.9 Å². The number of carbonyl (C=O) groups excluding carboxylic acids is 2. The van der Waals surface area contributed by atoms with Crippen molar-refractivity contribution in [3.8, 4) is 0 Å². The number of hydrogen-bond donors (Lipinski definition) is 0. The van der Waals surface area contributed by atoms with Gasteiger partial charge in [-0.05, 0) is 81.6 Å². The Bertz CT molecular complexity index is 990. The molecule has 1 aliphatic heterocycles. The first-order chi connectivity index (χ1) is 26.0. The highest BCUT2D eigenvalue weighted by Crippen LogP contribution is 2.19. The predicted octanol–water partition coefficient (Wildman–Crippen LogP) is 11.5. The van der Waals surface area contributed by atoms with E-state index in [-0.39, 0.29) is 11.9 Å². The van der Waals surface area contributed by atoms with E-state index in [1.165, 1.54) is 70.6 Å². The van der Waals surface area contributed by atoms with Crippen LogP contribution in [0.5, 0.6) is 0 Å². The SMILES string of the molecule is C=C=C=C=CC(CCCCC)CCOC(=O)CCCCCCCC(CCCCCCCC(=O)OCCC(C)CCCCC)OCCCN1CCOCC1. The molecule has 1 aliphatic rings. The molecule has 0 N–H and O–H groups in total. The van der Waals surface area contributed by atoms with E-state index in [1.54, 1.807) is 0 Å². The summed E-state index contributed by atoms with van der Waals surface area (Å²) in [5.74, 6) is 0.874. The molecule has 1 fully saturated rings. The molecule has 53 heavy (non-hydrogen) atoms. The van der Waals surface area contributed by atoms with Crippen molar-refractivity contribution >= 4 is 11.9 Å². The van der Waals surface area contributed by atoms with Gasteiger partial charge in [-0.25, -0.2) is 0 Å². The van der Waals surface area contributed by atoms with Gasteiger partial charge in [0.2, 0.25) is 0 Å². The van der Waals surface area contributed by atoms with Crippen LogP contribution in [0.15, 0.2) is 29.8 Å². The van der Waals surface area contributed by atoms with Gasteiger partial charge in [0.15, 0.2) is 0 Å². The molecule has 3 unspecified atom stereocenters. The second kappa shape index (κ2) is 36.9. The highest BCUT2D eigenvalue weighted by atomic mass is 16.5. The summed E-state index contributed by atoms with van der Waals surface area (Å²) in [6, 6.07) is 0. The molecule has 7 heteroatoms. The monoisotopic (exact) mass is 744 g/mol. The zero-order chi connectivity index (χ0) is 38.5. The van der Waals surface area contributed by atoms with E-state index < -0.39 is 0 Å². The fraction of sp³-hybridized carbons (Fsp3) is 0.848. The molecule has 0 aliphatic carbocycles. The zero-order valence-electron chi connectivity index (χ0n) is 34.7. The number of esters is 2. The molecule has 0 aromatic heterocycles. The Balaban J connectivity index is 2.24. The summed E-state index contributed by atoms with van der Waals surface area (Å²) in [5.41, 5.74) is 8.40. The molecule has 7 nitrogen and oxygen atoms in total. The van der Waals surface area contributed by atoms with Crippen LogP contribution < -0.4 is 0 Å². The van der Waals surface area contributed by atoms with Gasteiger partial charge in [-0.3, -0.25) is 14.5 Å². The predicted molar refractivity (Wildman–Crippen MR) is 219 cm³/mol. The second-order valence-corrected chi connectivity index (χ2v) is 15.4. The van der Waals surface area contributed by atoms with Crippen molar-refractivity contribution in [2.45, 2.75) is 187 Å². The Hall–Kier alpha value is -2.10. The lowest BCUT2D eigenvalue weighted by Gasteiger charge is -2.26. The van der Waals surface area contributed by atoms with E-state index >= 15 is 0 Å². The first kappa shape index (κ1) is 48.9. The number of unbranched alkanes of at least 4 members (excludes halogenated alkanes) is 12. The van der Waals surface area contributed by atoms with Gasteiger partial charge in [0.1, 0.15) is 0 Å². The van der Waals surface area contributed by atoms with Crippen LogP contribution in [0.25, 0.3) is 0 Å². The Labute approximate surface area is 326 Å². The molecule has 306 valence electrons. The maximum absolute atomic E-state index is 12.3. The third kappa shape index (κ3) is 31.9. The number of ether oxygens (including phenoxy) is 4. The summed E-state index contributed by atoms with van der Waals surface area (Å²) >= 11 is 0. The average molecular weight is 744 g/mol. The molecule has 0 saturated carbocycles. The van der Waals surface area contributed by atoms with E-state index in [0.717, 1.165) is 117 Å². The Morgan fingerprint density at radius 3 is 1.83 bits per heavy atom. The van der Waals surface area contributed by atoms with Gasteiger partial charge >= 0.3 is 11.9 Å². The van der Waals surface area contributed by atoms with Crippen LogP contribution in [0.1, 0.15) is 181 Å². The van der Waals surface area contributed by atoms with E-state index in [2.05, 4.69) is 49.4 Å². The molecule has 0 aromatic rings. The lowest BCUT2D eigenvalue weighted by Crippen LogP contribution is -2.37. The molecule has 1 rings (SSSR count). The van der Waals surface area contributed by atoms with Gasteiger partial charge in [0.25, 0.3) is 0 Å². The molecule has 0 radical (unpaired) electrons. The Morgan fingerprint density at radius 2 is 1.23 bits per heavy atom. The van der Waals surface area contributed by atoms with Gasteiger partial charge in [-0.2, -0.15) is 0 Å². The average Bonchev–Trinajstić information content (AvgIpc) is 3.15. The first-order valence-electron chi connectivity index (χ1n) is 22.1. The van der Waals surface area contributed by atoms with Gasteiger partial charge < -0.3 is 18.9 Å². The number of carbonyl (C=O) groups is 2. The largest absolute Gasteiger partial charge is 0.466 e. The maximum atomic E-state index is 12.3. The first-order valence-corrected chi connectivity index (χ1v) is 22.1. The van der Waals surface area contributed by atoms with E-state index in [1.807, 2.05) is 6.08 Å². The minimum absolute atomic E-state index is 0.0300. The lowest BCUT2D eigenvalue weighted by molar-refractivity contribution is -0.145. The quantitative estimate of drug-likeness (QED) is 0.0359. The summed E-state index contributed by atoms with van der Waals surface area (Å²) in [6.07, 6.45) is 29.2. The Morgan fingerprint density at radius 1 is 0.679 bits per heavy atom. The molecule has 0 spiro atoms. The number of hydrogen-bond acceptors (Lipinski definition) is 7. The van der Waals surface area contributed by atoms with E-state index in [9.17, 15) is 9.59 Å². The minimum atomic E-state index is -0.0774. The number of allylic oxidation sites excluding steroid dienone is 1. The molecule has 0 amide bonds. The van der Waals surface area contributed by atoms with Crippen LogP contribution >= 0.6 is 0 Å². The third-order valence-corrected chi connectivity index (χ3v) is 10.5. The van der Waals surface area contributed by atoms with Crippen molar-refractivity contribution in [1.82, 2.24) is 4.90 Å². The van der Waals surface area contributed by atoms with Crippen molar-refractivity contribution < 1.29 is 28.5 Å². The van der Waals surface area contributed by atoms with Crippen molar-refractivity contribution in [2.24, 2.45) is 11.8 Å². The van der Waals surface area contributed by atoms with Gasteiger partial charge in [0.05, 0.1) is 32.5 Å². The zero-order valence-corrected chi connectivity index (χ0v) is 34.7. The molecular formula is C46H81NO6. The maximum Gasteiger partial charge on any atom is 0.305 e. The lowest BCUT2D eigenvalue weighted by atomic mass is 9.98. The normalized spacial score (nSPS) is 14.8. The summed E-state index contributed by atoms with van der Waals surface area (Å²) < 4.78 is 23.0. The molecule has 1 saturated heterocycles. The van der Waals surface area contributed by atoms with Crippen molar-refractivity contribution in [1.29, 1.82) is 0 Å². The van der Waals surface area contributed by atoms with Crippen LogP contribution in [0.4, 0.5) is 0 Å². The molecule has 0 aromatic carbocycles. The van der Waals surface area contributed by atoms with Crippen LogP contribution in [-0.2, 0) is 28.5 Å². The summed E-state index contributed by atoms with van der Waals surface area (Å²) in [6.45, 7) is 16.9. The number of morpholine rings is 1. The fourth-order valence-electron chi connectivity index (χ4n) is 6.92. The Kier molecular flexibility index (Phi) is 34.0. The third-order valence-electron chi connectivity index (χ3n) is 10.5. The standard InChI is InChI=1S/C46H81NO6/c1-5-8-17-25-42(4)32-38-52-45(48)30-22-15-11-13-20-28-44(51-37-24-34-47-35-40-50-41-36-47)29-21-14-12-16-23-31-46(49)53-39-33-43(26-18-9-6-2)27-19-10-7-3/h26,42-44H,2,5,7-8,10-17,19-25,27-41H2,1,3-4H3. The van der Waals surface area contributed by atoms with Gasteiger partial charge in [-0.15, -0.1) is 0 Å². The summed E-state index contributed by atoms with van der Waals surface area (Å²) in [7, 11) is 0. The summed E-state index contributed by atoms with van der Waals surface area (Å²) in [4.78, 5) is 27.0. The number of rotatable bonds is 36. The second-order valence-electron chi connectivity index (χ2n) is 15.4. The van der Waals surface area contributed by atoms with Gasteiger partial charge in [-0.1, -0.05) is 129 Å². The highest BCUT2D eigenvalue weighted by Gasteiger charge is 2.13. The highest BCUT2D eigenvalue weighted by molar-refractivity contribution is 5.69.